The van der Waals surface area contributed by atoms with Gasteiger partial charge in [-0.05, 0) is 22.9 Å². The van der Waals surface area contributed by atoms with Gasteiger partial charge in [0.1, 0.15) is 9.40 Å². The number of fused-ring (bicyclic) bond motifs is 1. The van der Waals surface area contributed by atoms with Crippen molar-refractivity contribution in [1.82, 2.24) is 0 Å². The van der Waals surface area contributed by atoms with Gasteiger partial charge in [0.25, 0.3) is 0 Å². The predicted octanol–water partition coefficient (Wildman–Crippen LogP) is 2.16. The maximum absolute atomic E-state index is 2.95. The van der Waals surface area contributed by atoms with Gasteiger partial charge in [0.05, 0.1) is 0 Å². The van der Waals surface area contributed by atoms with E-state index in [1.807, 2.05) is 0 Å². The zero-order valence-electron chi connectivity index (χ0n) is 3.82. The number of hydrogen-bond donors (Lipinski definition) is 0. The van der Waals surface area contributed by atoms with Gasteiger partial charge in [-0.3, -0.25) is 0 Å². The molecule has 0 saturated carbocycles. The minimum Gasteiger partial charge on any atom is -0.0728 e. The van der Waals surface area contributed by atoms with Crippen LogP contribution < -0.4 is 0 Å². The van der Waals surface area contributed by atoms with Crippen LogP contribution in [0.2, 0.25) is 0 Å². The monoisotopic (exact) mass is 136 g/mol. The van der Waals surface area contributed by atoms with Crippen LogP contribution in [0.25, 0.3) is 9.40 Å². The zero-order valence-corrected chi connectivity index (χ0v) is 5.45. The molecular formula is C6S2. The number of rotatable bonds is 0. The first kappa shape index (κ1) is 4.21. The maximum atomic E-state index is 2.95. The summed E-state index contributed by atoms with van der Waals surface area (Å²) in [5.41, 5.74) is 0. The van der Waals surface area contributed by atoms with Gasteiger partial charge in [-0.1, -0.05) is 22.7 Å². The van der Waals surface area contributed by atoms with E-state index in [0.29, 0.717) is 0 Å². The van der Waals surface area contributed by atoms with E-state index >= 15 is 0 Å². The quantitative estimate of drug-likeness (QED) is 0.520. The Hall–Kier alpha value is -0.700. The summed E-state index contributed by atoms with van der Waals surface area (Å²) in [6.07, 6.45) is 0. The first-order valence-corrected chi connectivity index (χ1v) is 3.70. The maximum Gasteiger partial charge on any atom is 0.113 e. The third-order valence-electron chi connectivity index (χ3n) is 0.842. The summed E-state index contributed by atoms with van der Waals surface area (Å²) in [6, 6.07) is 5.90. The molecule has 0 fully saturated rings. The summed E-state index contributed by atoms with van der Waals surface area (Å²) in [6.45, 7) is 0. The van der Waals surface area contributed by atoms with E-state index in [4.69, 9.17) is 0 Å². The lowest BCUT2D eigenvalue weighted by Gasteiger charge is -1.59. The molecule has 0 aromatic carbocycles. The Labute approximate surface area is 55.4 Å². The summed E-state index contributed by atoms with van der Waals surface area (Å²) < 4.78 is 2.24. The van der Waals surface area contributed by atoms with Gasteiger partial charge in [-0.25, -0.2) is 0 Å². The Kier molecular flexibility index (Phi) is 0.729. The van der Waals surface area contributed by atoms with Crippen LogP contribution in [-0.4, -0.2) is 0 Å². The van der Waals surface area contributed by atoms with Crippen molar-refractivity contribution in [2.75, 3.05) is 0 Å². The molecule has 2 heterocycles. The van der Waals surface area contributed by atoms with E-state index in [0.717, 1.165) is 9.40 Å². The van der Waals surface area contributed by atoms with Crippen molar-refractivity contribution in [2.24, 2.45) is 0 Å². The first-order valence-electron chi connectivity index (χ1n) is 2.07. The lowest BCUT2D eigenvalue weighted by Crippen LogP contribution is -1.33. The molecule has 2 heteroatoms. The van der Waals surface area contributed by atoms with E-state index < -0.39 is 0 Å². The third kappa shape index (κ3) is 0.419. The van der Waals surface area contributed by atoms with E-state index in [9.17, 15) is 0 Å². The van der Waals surface area contributed by atoms with Crippen molar-refractivity contribution >= 4 is 32.1 Å². The molecule has 0 aliphatic heterocycles. The molecular weight excluding hydrogens is 136 g/mol. The average Bonchev–Trinajstić information content (AvgIpc) is 2.15. The topological polar surface area (TPSA) is 0 Å². The molecule has 0 radical (unpaired) electrons. The van der Waals surface area contributed by atoms with E-state index in [1.165, 1.54) is 22.7 Å². The van der Waals surface area contributed by atoms with Crippen LogP contribution in [0, 0.1) is 22.9 Å². The fourth-order valence-corrected chi connectivity index (χ4v) is 1.88. The molecule has 0 spiro atoms. The highest BCUT2D eigenvalue weighted by Gasteiger charge is 1.88. The Balaban J connectivity index is 3.06. The summed E-state index contributed by atoms with van der Waals surface area (Å²) in [5, 5.41) is 5.79. The van der Waals surface area contributed by atoms with Crippen LogP contribution in [0.5, 0.6) is 0 Å². The van der Waals surface area contributed by atoms with Gasteiger partial charge in [0.2, 0.25) is 0 Å². The van der Waals surface area contributed by atoms with Crippen LogP contribution in [0.1, 0.15) is 0 Å². The predicted molar refractivity (Wildman–Crippen MR) is 35.0 cm³/mol. The second-order valence-corrected chi connectivity index (χ2v) is 2.95. The highest BCUT2D eigenvalue weighted by atomic mass is 32.1. The molecule has 2 aromatic heterocycles. The normalized spacial score (nSPS) is 8.50. The third-order valence-corrected chi connectivity index (χ3v) is 2.40. The highest BCUT2D eigenvalue weighted by molar-refractivity contribution is 7.24. The lowest BCUT2D eigenvalue weighted by molar-refractivity contribution is 2.33. The summed E-state index contributed by atoms with van der Waals surface area (Å²) >= 11 is 3.07. The highest BCUT2D eigenvalue weighted by Crippen LogP contribution is 2.16. The fraction of sp³-hybridized carbons (Fsp3) is 0. The van der Waals surface area contributed by atoms with Crippen LogP contribution in [-0.2, 0) is 0 Å². The van der Waals surface area contributed by atoms with Crippen LogP contribution >= 0.6 is 22.7 Å². The van der Waals surface area contributed by atoms with Gasteiger partial charge in [0.15, 0.2) is 0 Å². The molecule has 2 rings (SSSR count). The molecule has 0 unspecified atom stereocenters. The van der Waals surface area contributed by atoms with E-state index in [1.54, 1.807) is 0 Å². The minimum absolute atomic E-state index is 1.12. The molecule has 0 bridgehead atoms. The van der Waals surface area contributed by atoms with E-state index in [-0.39, 0.29) is 0 Å². The van der Waals surface area contributed by atoms with E-state index in [2.05, 4.69) is 22.9 Å². The molecule has 0 nitrogen and oxygen atoms in total. The van der Waals surface area contributed by atoms with Gasteiger partial charge < -0.3 is 0 Å². The first-order chi connectivity index (χ1) is 3.97. The fourth-order valence-electron chi connectivity index (χ4n) is 0.503. The second-order valence-electron chi connectivity index (χ2n) is 1.32. The summed E-state index contributed by atoms with van der Waals surface area (Å²) in [4.78, 5) is 0. The van der Waals surface area contributed by atoms with Crippen molar-refractivity contribution in [3.63, 3.8) is 0 Å². The molecule has 36 valence electrons. The van der Waals surface area contributed by atoms with Crippen LogP contribution in [0.3, 0.4) is 0 Å². The molecule has 0 atom stereocenters. The largest absolute Gasteiger partial charge is 0.113 e. The Morgan fingerprint density at radius 1 is 0.875 bits per heavy atom. The second kappa shape index (κ2) is 1.39. The van der Waals surface area contributed by atoms with Crippen molar-refractivity contribution in [3.8, 4) is 0 Å². The Bertz CT molecular complexity index is 228. The van der Waals surface area contributed by atoms with Gasteiger partial charge in [0, 0.05) is 0 Å². The molecule has 0 amide bonds. The smallest absolute Gasteiger partial charge is 0.0728 e. The SMILES string of the molecule is c1sc2c#csc2c#1. The van der Waals surface area contributed by atoms with Crippen molar-refractivity contribution in [1.29, 1.82) is 0 Å². The number of hydrogen-bond acceptors (Lipinski definition) is 2. The molecule has 0 saturated heterocycles. The summed E-state index contributed by atoms with van der Waals surface area (Å²) in [7, 11) is 0. The zero-order chi connectivity index (χ0) is 5.40. The molecule has 8 heavy (non-hydrogen) atoms. The van der Waals surface area contributed by atoms with Crippen molar-refractivity contribution in [3.05, 3.63) is 22.9 Å². The summed E-state index contributed by atoms with van der Waals surface area (Å²) in [5.74, 6) is 0. The van der Waals surface area contributed by atoms with Gasteiger partial charge in [-0.2, -0.15) is 0 Å². The van der Waals surface area contributed by atoms with Crippen molar-refractivity contribution in [2.45, 2.75) is 0 Å². The molecule has 0 N–H and O–H groups in total. The Morgan fingerprint density at radius 2 is 1.38 bits per heavy atom. The molecule has 0 aliphatic rings. The Morgan fingerprint density at radius 3 is 1.88 bits per heavy atom. The van der Waals surface area contributed by atoms with Crippen LogP contribution in [0.15, 0.2) is 0 Å². The minimum atomic E-state index is 1.12. The van der Waals surface area contributed by atoms with Gasteiger partial charge in [-0.15, -0.1) is 0 Å². The van der Waals surface area contributed by atoms with Gasteiger partial charge >= 0.3 is 0 Å². The lowest BCUT2D eigenvalue weighted by atomic mass is 10.6. The molecule has 0 aliphatic carbocycles. The van der Waals surface area contributed by atoms with Crippen molar-refractivity contribution < 1.29 is 0 Å². The molecule has 2 aromatic rings. The average molecular weight is 136 g/mol. The standard InChI is InChI=1S/C6S2/c1-3-7-6-2-4-8-5(1)6. The van der Waals surface area contributed by atoms with Crippen LogP contribution in [0.4, 0.5) is 0 Å².